The van der Waals surface area contributed by atoms with E-state index in [1.165, 1.54) is 0 Å². The number of halogens is 1. The number of rotatable bonds is 4. The summed E-state index contributed by atoms with van der Waals surface area (Å²) < 4.78 is 5.37. The molecule has 4 heteroatoms. The van der Waals surface area contributed by atoms with Crippen LogP contribution in [0.2, 0.25) is 5.02 Å². The second kappa shape index (κ2) is 7.09. The van der Waals surface area contributed by atoms with Crippen molar-refractivity contribution in [2.75, 3.05) is 26.3 Å². The van der Waals surface area contributed by atoms with Gasteiger partial charge in [0, 0.05) is 36.9 Å². The van der Waals surface area contributed by atoms with Crippen LogP contribution in [0.4, 0.5) is 0 Å². The fraction of sp³-hybridized carbons (Fsp3) is 0.562. The van der Waals surface area contributed by atoms with Gasteiger partial charge in [0.05, 0.1) is 0 Å². The fourth-order valence-electron chi connectivity index (χ4n) is 2.56. The number of hydrogen-bond acceptors (Lipinski definition) is 2. The van der Waals surface area contributed by atoms with E-state index >= 15 is 0 Å². The average molecular weight is 296 g/mol. The highest BCUT2D eigenvalue weighted by Crippen LogP contribution is 2.20. The van der Waals surface area contributed by atoms with Gasteiger partial charge in [-0.3, -0.25) is 4.79 Å². The quantitative estimate of drug-likeness (QED) is 0.850. The zero-order chi connectivity index (χ0) is 14.5. The molecule has 0 spiro atoms. The van der Waals surface area contributed by atoms with Crippen molar-refractivity contribution in [3.05, 3.63) is 34.3 Å². The molecular weight excluding hydrogens is 274 g/mol. The van der Waals surface area contributed by atoms with Crippen LogP contribution in [0.25, 0.3) is 0 Å². The smallest absolute Gasteiger partial charge is 0.253 e. The van der Waals surface area contributed by atoms with Crippen molar-refractivity contribution in [2.24, 2.45) is 5.92 Å². The largest absolute Gasteiger partial charge is 0.381 e. The van der Waals surface area contributed by atoms with Crippen molar-refractivity contribution >= 4 is 17.5 Å². The van der Waals surface area contributed by atoms with Crippen LogP contribution in [0.3, 0.4) is 0 Å². The summed E-state index contributed by atoms with van der Waals surface area (Å²) in [5.41, 5.74) is 1.67. The van der Waals surface area contributed by atoms with Gasteiger partial charge in [-0.2, -0.15) is 0 Å². The van der Waals surface area contributed by atoms with Crippen LogP contribution in [-0.4, -0.2) is 37.1 Å². The zero-order valence-corrected chi connectivity index (χ0v) is 12.9. The minimum atomic E-state index is 0.0961. The Bertz CT molecular complexity index is 470. The first-order valence-corrected chi connectivity index (χ1v) is 7.62. The Balaban J connectivity index is 2.05. The summed E-state index contributed by atoms with van der Waals surface area (Å²) in [6.07, 6.45) is 2.09. The number of aryl methyl sites for hydroxylation is 1. The lowest BCUT2D eigenvalue weighted by Gasteiger charge is -2.29. The molecule has 0 atom stereocenters. The number of carbonyl (C=O) groups is 1. The van der Waals surface area contributed by atoms with E-state index in [1.54, 1.807) is 6.07 Å². The third-order valence-electron chi connectivity index (χ3n) is 3.89. The van der Waals surface area contributed by atoms with Gasteiger partial charge >= 0.3 is 0 Å². The van der Waals surface area contributed by atoms with Crippen LogP contribution in [0, 0.1) is 12.8 Å². The Kier molecular flexibility index (Phi) is 5.44. The van der Waals surface area contributed by atoms with Crippen LogP contribution >= 0.6 is 11.6 Å². The number of nitrogens with zero attached hydrogens (tertiary/aromatic N) is 1. The Labute approximate surface area is 125 Å². The van der Waals surface area contributed by atoms with Crippen LogP contribution in [0.1, 0.15) is 35.7 Å². The second-order valence-corrected chi connectivity index (χ2v) is 5.77. The van der Waals surface area contributed by atoms with Gasteiger partial charge in [0.1, 0.15) is 0 Å². The van der Waals surface area contributed by atoms with Gasteiger partial charge in [-0.25, -0.2) is 0 Å². The van der Waals surface area contributed by atoms with Crippen molar-refractivity contribution in [3.63, 3.8) is 0 Å². The summed E-state index contributed by atoms with van der Waals surface area (Å²) in [7, 11) is 0. The van der Waals surface area contributed by atoms with Crippen LogP contribution in [0.15, 0.2) is 18.2 Å². The molecule has 0 saturated carbocycles. The van der Waals surface area contributed by atoms with Crippen molar-refractivity contribution in [2.45, 2.75) is 26.7 Å². The lowest BCUT2D eigenvalue weighted by atomic mass is 9.99. The highest BCUT2D eigenvalue weighted by Gasteiger charge is 2.21. The summed E-state index contributed by atoms with van der Waals surface area (Å²) in [5.74, 6) is 0.653. The minimum absolute atomic E-state index is 0.0961. The Hall–Kier alpha value is -1.06. The molecule has 0 aromatic heterocycles. The maximum Gasteiger partial charge on any atom is 0.253 e. The number of carbonyl (C=O) groups excluding carboxylic acids is 1. The van der Waals surface area contributed by atoms with Gasteiger partial charge in [-0.05, 0) is 56.4 Å². The Morgan fingerprint density at radius 2 is 2.10 bits per heavy atom. The SMILES string of the molecule is CCN(CC1CCOCC1)C(=O)c1ccc(Cl)c(C)c1. The molecule has 0 aliphatic carbocycles. The van der Waals surface area contributed by atoms with Gasteiger partial charge in [-0.15, -0.1) is 0 Å². The molecule has 1 aliphatic heterocycles. The van der Waals surface area contributed by atoms with E-state index in [1.807, 2.05) is 30.9 Å². The number of hydrogen-bond donors (Lipinski definition) is 0. The van der Waals surface area contributed by atoms with Crippen molar-refractivity contribution < 1.29 is 9.53 Å². The van der Waals surface area contributed by atoms with Crippen LogP contribution in [-0.2, 0) is 4.74 Å². The number of benzene rings is 1. The molecule has 1 heterocycles. The summed E-state index contributed by atoms with van der Waals surface area (Å²) >= 11 is 6.02. The fourth-order valence-corrected chi connectivity index (χ4v) is 2.67. The summed E-state index contributed by atoms with van der Waals surface area (Å²) in [4.78, 5) is 14.5. The first-order valence-electron chi connectivity index (χ1n) is 7.25. The third kappa shape index (κ3) is 3.74. The van der Waals surface area contributed by atoms with E-state index in [0.717, 1.165) is 50.3 Å². The first-order chi connectivity index (χ1) is 9.61. The Morgan fingerprint density at radius 1 is 1.40 bits per heavy atom. The van der Waals surface area contributed by atoms with E-state index in [9.17, 15) is 4.79 Å². The molecule has 1 fully saturated rings. The molecule has 0 radical (unpaired) electrons. The first kappa shape index (κ1) is 15.3. The monoisotopic (exact) mass is 295 g/mol. The van der Waals surface area contributed by atoms with Gasteiger partial charge in [0.25, 0.3) is 5.91 Å². The highest BCUT2D eigenvalue weighted by atomic mass is 35.5. The molecule has 0 bridgehead atoms. The summed E-state index contributed by atoms with van der Waals surface area (Å²) in [6.45, 7) is 7.14. The van der Waals surface area contributed by atoms with E-state index in [0.29, 0.717) is 10.9 Å². The molecule has 2 rings (SSSR count). The summed E-state index contributed by atoms with van der Waals surface area (Å²) in [6, 6.07) is 5.48. The lowest BCUT2D eigenvalue weighted by molar-refractivity contribution is 0.0467. The van der Waals surface area contributed by atoms with Crippen LogP contribution in [0.5, 0.6) is 0 Å². The molecule has 1 saturated heterocycles. The predicted molar refractivity (Wildman–Crippen MR) is 81.3 cm³/mol. The van der Waals surface area contributed by atoms with E-state index < -0.39 is 0 Å². The Morgan fingerprint density at radius 3 is 2.70 bits per heavy atom. The molecular formula is C16H22ClNO2. The average Bonchev–Trinajstić information content (AvgIpc) is 2.48. The van der Waals surface area contributed by atoms with Gasteiger partial charge in [-0.1, -0.05) is 11.6 Å². The normalized spacial score (nSPS) is 16.1. The molecule has 1 amide bonds. The van der Waals surface area contributed by atoms with Crippen molar-refractivity contribution in [1.82, 2.24) is 4.90 Å². The van der Waals surface area contributed by atoms with Crippen molar-refractivity contribution in [1.29, 1.82) is 0 Å². The van der Waals surface area contributed by atoms with Gasteiger partial charge in [0.15, 0.2) is 0 Å². The van der Waals surface area contributed by atoms with Gasteiger partial charge in [0.2, 0.25) is 0 Å². The zero-order valence-electron chi connectivity index (χ0n) is 12.2. The molecule has 0 N–H and O–H groups in total. The predicted octanol–water partition coefficient (Wildman–Crippen LogP) is 3.54. The lowest BCUT2D eigenvalue weighted by Crippen LogP contribution is -2.37. The topological polar surface area (TPSA) is 29.5 Å². The molecule has 110 valence electrons. The molecule has 20 heavy (non-hydrogen) atoms. The van der Waals surface area contributed by atoms with Crippen LogP contribution < -0.4 is 0 Å². The van der Waals surface area contributed by atoms with Gasteiger partial charge < -0.3 is 9.64 Å². The second-order valence-electron chi connectivity index (χ2n) is 5.36. The molecule has 1 aliphatic rings. The molecule has 1 aromatic rings. The highest BCUT2D eigenvalue weighted by molar-refractivity contribution is 6.31. The standard InChI is InChI=1S/C16H22ClNO2/c1-3-18(11-13-6-8-20-9-7-13)16(19)14-4-5-15(17)12(2)10-14/h4-5,10,13H,3,6-9,11H2,1-2H3. The maximum atomic E-state index is 12.6. The molecule has 3 nitrogen and oxygen atoms in total. The van der Waals surface area contributed by atoms with E-state index in [-0.39, 0.29) is 5.91 Å². The number of ether oxygens (including phenoxy) is 1. The number of amides is 1. The maximum absolute atomic E-state index is 12.6. The van der Waals surface area contributed by atoms with E-state index in [4.69, 9.17) is 16.3 Å². The molecule has 1 aromatic carbocycles. The third-order valence-corrected chi connectivity index (χ3v) is 4.32. The molecule has 0 unspecified atom stereocenters. The summed E-state index contributed by atoms with van der Waals surface area (Å²) in [5, 5.41) is 0.703. The van der Waals surface area contributed by atoms with Crippen molar-refractivity contribution in [3.8, 4) is 0 Å². The van der Waals surface area contributed by atoms with E-state index in [2.05, 4.69) is 0 Å². The minimum Gasteiger partial charge on any atom is -0.381 e.